The normalized spacial score (nSPS) is 14.0. The highest BCUT2D eigenvalue weighted by atomic mass is 16.4. The van der Waals surface area contributed by atoms with Crippen molar-refractivity contribution in [3.63, 3.8) is 0 Å². The Bertz CT molecular complexity index is 1110. The van der Waals surface area contributed by atoms with Crippen LogP contribution < -0.4 is 21.7 Å². The van der Waals surface area contributed by atoms with Gasteiger partial charge < -0.3 is 31.9 Å². The van der Waals surface area contributed by atoms with Crippen molar-refractivity contribution in [2.45, 2.75) is 57.3 Å². The molecule has 0 spiro atoms. The lowest BCUT2D eigenvalue weighted by Gasteiger charge is -2.26. The highest BCUT2D eigenvalue weighted by molar-refractivity contribution is 5.95. The van der Waals surface area contributed by atoms with Crippen molar-refractivity contribution in [3.8, 4) is 0 Å². The molecule has 2 aromatic carbocycles. The molecule has 3 amide bonds. The summed E-state index contributed by atoms with van der Waals surface area (Å²) in [4.78, 5) is 61.8. The van der Waals surface area contributed by atoms with Gasteiger partial charge in [0, 0.05) is 12.8 Å². The molecule has 0 fully saturated rings. The number of carbonyl (C=O) groups excluding carboxylic acids is 3. The van der Waals surface area contributed by atoms with E-state index in [4.69, 9.17) is 10.8 Å². The first-order chi connectivity index (χ1) is 18.0. The first-order valence-electron chi connectivity index (χ1n) is 12.2. The standard InChI is InChI=1S/C27H34N4O7/c1-16(2)23(27(37)38)31-26(36)21(14-18-11-7-4-8-12-18)30-25(35)20(13-17-9-5-3-6-10-17)29-24(34)19(28)15-22(32)33/h3-12,16,19-21,23H,13-15,28H2,1-2H3,(H,29,34)(H,30,35)(H,31,36)(H,32,33)(H,37,38)/t19-,20-,21-,23-/m0/s1. The third-order valence-corrected chi connectivity index (χ3v) is 5.79. The Morgan fingerprint density at radius 2 is 1.13 bits per heavy atom. The van der Waals surface area contributed by atoms with Crippen LogP contribution in [0, 0.1) is 5.92 Å². The lowest BCUT2D eigenvalue weighted by atomic mass is 10.0. The number of amides is 3. The van der Waals surface area contributed by atoms with E-state index in [2.05, 4.69) is 16.0 Å². The molecule has 0 aliphatic carbocycles. The van der Waals surface area contributed by atoms with Gasteiger partial charge in [-0.2, -0.15) is 0 Å². The summed E-state index contributed by atoms with van der Waals surface area (Å²) in [6.45, 7) is 3.30. The predicted molar refractivity (Wildman–Crippen MR) is 139 cm³/mol. The summed E-state index contributed by atoms with van der Waals surface area (Å²) in [6.07, 6.45) is -0.522. The third-order valence-electron chi connectivity index (χ3n) is 5.79. The molecule has 2 aromatic rings. The smallest absolute Gasteiger partial charge is 0.326 e. The zero-order chi connectivity index (χ0) is 28.2. The zero-order valence-electron chi connectivity index (χ0n) is 21.3. The van der Waals surface area contributed by atoms with E-state index in [0.29, 0.717) is 5.56 Å². The average molecular weight is 527 g/mol. The molecule has 0 aliphatic rings. The van der Waals surface area contributed by atoms with Crippen molar-refractivity contribution in [2.24, 2.45) is 11.7 Å². The summed E-state index contributed by atoms with van der Waals surface area (Å²) in [5, 5.41) is 26.1. The molecular weight excluding hydrogens is 492 g/mol. The quantitative estimate of drug-likeness (QED) is 0.205. The molecule has 204 valence electrons. The van der Waals surface area contributed by atoms with Gasteiger partial charge in [-0.3, -0.25) is 19.2 Å². The van der Waals surface area contributed by atoms with E-state index >= 15 is 0 Å². The fraction of sp³-hybridized carbons (Fsp3) is 0.370. The summed E-state index contributed by atoms with van der Waals surface area (Å²) in [6, 6.07) is 12.7. The molecule has 0 saturated carbocycles. The van der Waals surface area contributed by atoms with Crippen LogP contribution in [0.3, 0.4) is 0 Å². The molecule has 0 aliphatic heterocycles. The van der Waals surface area contributed by atoms with Gasteiger partial charge in [-0.15, -0.1) is 0 Å². The van der Waals surface area contributed by atoms with E-state index in [0.717, 1.165) is 5.56 Å². The van der Waals surface area contributed by atoms with Crippen molar-refractivity contribution in [1.82, 2.24) is 16.0 Å². The fourth-order valence-electron chi connectivity index (χ4n) is 3.72. The van der Waals surface area contributed by atoms with Crippen LogP contribution in [0.1, 0.15) is 31.4 Å². The van der Waals surface area contributed by atoms with Gasteiger partial charge in [0.05, 0.1) is 12.5 Å². The van der Waals surface area contributed by atoms with Gasteiger partial charge >= 0.3 is 11.9 Å². The number of hydrogen-bond donors (Lipinski definition) is 6. The van der Waals surface area contributed by atoms with E-state index in [1.54, 1.807) is 74.5 Å². The topological polar surface area (TPSA) is 188 Å². The summed E-state index contributed by atoms with van der Waals surface area (Å²) in [7, 11) is 0. The van der Waals surface area contributed by atoms with Crippen LogP contribution in [0.5, 0.6) is 0 Å². The van der Waals surface area contributed by atoms with Gasteiger partial charge in [0.2, 0.25) is 17.7 Å². The Labute approximate surface area is 220 Å². The zero-order valence-corrected chi connectivity index (χ0v) is 21.3. The number of hydrogen-bond acceptors (Lipinski definition) is 6. The van der Waals surface area contributed by atoms with E-state index < -0.39 is 66.2 Å². The van der Waals surface area contributed by atoms with Crippen LogP contribution in [0.25, 0.3) is 0 Å². The van der Waals surface area contributed by atoms with Gasteiger partial charge in [-0.05, 0) is 17.0 Å². The first-order valence-corrected chi connectivity index (χ1v) is 12.2. The van der Waals surface area contributed by atoms with Crippen molar-refractivity contribution < 1.29 is 34.2 Å². The largest absolute Gasteiger partial charge is 0.481 e. The van der Waals surface area contributed by atoms with E-state index in [-0.39, 0.29) is 12.8 Å². The van der Waals surface area contributed by atoms with Crippen LogP contribution in [0.4, 0.5) is 0 Å². The molecule has 38 heavy (non-hydrogen) atoms. The molecule has 0 heterocycles. The molecule has 11 heteroatoms. The SMILES string of the molecule is CC(C)[C@H](NC(=O)[C@H](Cc1ccccc1)NC(=O)[C@H](Cc1ccccc1)NC(=O)[C@@H](N)CC(=O)O)C(=O)O. The Hall–Kier alpha value is -4.25. The molecule has 2 rings (SSSR count). The summed E-state index contributed by atoms with van der Waals surface area (Å²) in [5.41, 5.74) is 7.10. The van der Waals surface area contributed by atoms with Gasteiger partial charge in [0.1, 0.15) is 18.1 Å². The first kappa shape index (κ1) is 30.0. The second-order valence-electron chi connectivity index (χ2n) is 9.27. The number of carbonyl (C=O) groups is 5. The third kappa shape index (κ3) is 9.66. The lowest BCUT2D eigenvalue weighted by Crippen LogP contribution is -2.58. The van der Waals surface area contributed by atoms with Crippen LogP contribution in [-0.4, -0.2) is 64.0 Å². The monoisotopic (exact) mass is 526 g/mol. The van der Waals surface area contributed by atoms with Crippen molar-refractivity contribution in [1.29, 1.82) is 0 Å². The molecule has 0 radical (unpaired) electrons. The number of benzene rings is 2. The molecule has 0 saturated heterocycles. The molecule has 7 N–H and O–H groups in total. The molecular formula is C27H34N4O7. The molecule has 0 aromatic heterocycles. The summed E-state index contributed by atoms with van der Waals surface area (Å²) >= 11 is 0. The minimum absolute atomic E-state index is 0.0433. The Morgan fingerprint density at radius 3 is 1.53 bits per heavy atom. The molecule has 0 bridgehead atoms. The Kier molecular flexibility index (Phi) is 11.4. The van der Waals surface area contributed by atoms with Gasteiger partial charge in [0.15, 0.2) is 0 Å². The average Bonchev–Trinajstić information content (AvgIpc) is 2.86. The van der Waals surface area contributed by atoms with Gasteiger partial charge in [0.25, 0.3) is 0 Å². The van der Waals surface area contributed by atoms with Crippen LogP contribution >= 0.6 is 0 Å². The number of rotatable bonds is 14. The highest BCUT2D eigenvalue weighted by Crippen LogP contribution is 2.09. The van der Waals surface area contributed by atoms with Crippen LogP contribution in [-0.2, 0) is 36.8 Å². The van der Waals surface area contributed by atoms with Gasteiger partial charge in [-0.25, -0.2) is 4.79 Å². The second-order valence-corrected chi connectivity index (χ2v) is 9.27. The Morgan fingerprint density at radius 1 is 0.711 bits per heavy atom. The Balaban J connectivity index is 2.30. The number of nitrogens with one attached hydrogen (secondary N) is 3. The fourth-order valence-corrected chi connectivity index (χ4v) is 3.72. The van der Waals surface area contributed by atoms with Gasteiger partial charge in [-0.1, -0.05) is 74.5 Å². The molecule has 0 unspecified atom stereocenters. The number of nitrogens with two attached hydrogens (primary N) is 1. The number of carboxylic acids is 2. The van der Waals surface area contributed by atoms with E-state index in [1.807, 2.05) is 0 Å². The summed E-state index contributed by atoms with van der Waals surface area (Å²) in [5.74, 6) is -5.13. The number of aliphatic carboxylic acids is 2. The van der Waals surface area contributed by atoms with Crippen molar-refractivity contribution in [2.75, 3.05) is 0 Å². The predicted octanol–water partition coefficient (Wildman–Crippen LogP) is 0.469. The minimum Gasteiger partial charge on any atom is -0.481 e. The molecule has 4 atom stereocenters. The van der Waals surface area contributed by atoms with E-state index in [9.17, 15) is 29.1 Å². The highest BCUT2D eigenvalue weighted by Gasteiger charge is 2.31. The maximum Gasteiger partial charge on any atom is 0.326 e. The second kappa shape index (κ2) is 14.5. The van der Waals surface area contributed by atoms with Crippen molar-refractivity contribution in [3.05, 3.63) is 71.8 Å². The lowest BCUT2D eigenvalue weighted by molar-refractivity contribution is -0.143. The minimum atomic E-state index is -1.38. The van der Waals surface area contributed by atoms with E-state index in [1.165, 1.54) is 0 Å². The summed E-state index contributed by atoms with van der Waals surface area (Å²) < 4.78 is 0. The van der Waals surface area contributed by atoms with Crippen LogP contribution in [0.2, 0.25) is 0 Å². The maximum absolute atomic E-state index is 13.4. The van der Waals surface area contributed by atoms with Crippen molar-refractivity contribution >= 4 is 29.7 Å². The van der Waals surface area contributed by atoms with Crippen LogP contribution in [0.15, 0.2) is 60.7 Å². The molecule has 11 nitrogen and oxygen atoms in total. The number of carboxylic acid groups (broad SMARTS) is 2. The maximum atomic E-state index is 13.4.